The Hall–Kier alpha value is -2.53. The van der Waals surface area contributed by atoms with E-state index in [1.54, 1.807) is 6.07 Å². The largest absolute Gasteiger partial charge is 0.507 e. The topological polar surface area (TPSA) is 50.4 Å². The van der Waals surface area contributed by atoms with Crippen molar-refractivity contribution in [2.45, 2.75) is 32.1 Å². The summed E-state index contributed by atoms with van der Waals surface area (Å²) in [6.45, 7) is 5.82. The normalized spacial score (nSPS) is 11.0. The zero-order valence-corrected chi connectivity index (χ0v) is 16.3. The van der Waals surface area contributed by atoms with Crippen molar-refractivity contribution in [1.82, 2.24) is 0 Å². The Morgan fingerprint density at radius 1 is 1.04 bits per heavy atom. The summed E-state index contributed by atoms with van der Waals surface area (Å²) in [7, 11) is 0. The maximum absolute atomic E-state index is 13.2. The first-order valence-electron chi connectivity index (χ1n) is 8.67. The molecule has 3 nitrogen and oxygen atoms in total. The molecule has 1 heterocycles. The van der Waals surface area contributed by atoms with Crippen molar-refractivity contribution in [3.63, 3.8) is 0 Å². The standard InChI is InChI=1S/C22H21FO3S/c1-13-9-14(2)20(15(3)10-13)21-19(24)12-17(26-22(21)25)7-8-27-18-6-4-5-16(23)11-18/h4-6,9-12,24H,7-8H2,1-3H3. The molecule has 0 aliphatic rings. The molecule has 0 unspecified atom stereocenters. The van der Waals surface area contributed by atoms with Crippen LogP contribution in [0.5, 0.6) is 5.75 Å². The molecule has 0 fully saturated rings. The van der Waals surface area contributed by atoms with E-state index in [1.807, 2.05) is 39.0 Å². The van der Waals surface area contributed by atoms with Gasteiger partial charge in [-0.2, -0.15) is 0 Å². The summed E-state index contributed by atoms with van der Waals surface area (Å²) >= 11 is 1.46. The molecule has 27 heavy (non-hydrogen) atoms. The van der Waals surface area contributed by atoms with E-state index in [-0.39, 0.29) is 17.1 Å². The maximum Gasteiger partial charge on any atom is 0.347 e. The number of thioether (sulfide) groups is 1. The molecule has 1 aromatic heterocycles. The Labute approximate surface area is 161 Å². The summed E-state index contributed by atoms with van der Waals surface area (Å²) in [6.07, 6.45) is 0.454. The zero-order valence-electron chi connectivity index (χ0n) is 15.5. The highest BCUT2D eigenvalue weighted by atomic mass is 32.2. The highest BCUT2D eigenvalue weighted by Gasteiger charge is 2.17. The lowest BCUT2D eigenvalue weighted by Crippen LogP contribution is -2.08. The van der Waals surface area contributed by atoms with Gasteiger partial charge in [0.15, 0.2) is 0 Å². The van der Waals surface area contributed by atoms with E-state index in [9.17, 15) is 14.3 Å². The van der Waals surface area contributed by atoms with E-state index < -0.39 is 5.63 Å². The van der Waals surface area contributed by atoms with Gasteiger partial charge in [0.05, 0.1) is 0 Å². The third-order valence-electron chi connectivity index (χ3n) is 4.32. The second-order valence-electron chi connectivity index (χ2n) is 6.59. The molecule has 0 aliphatic carbocycles. The van der Waals surface area contributed by atoms with Gasteiger partial charge in [0.2, 0.25) is 0 Å². The summed E-state index contributed by atoms with van der Waals surface area (Å²) in [5.74, 6) is 0.658. The van der Waals surface area contributed by atoms with Gasteiger partial charge in [-0.1, -0.05) is 23.8 Å². The quantitative estimate of drug-likeness (QED) is 0.598. The van der Waals surface area contributed by atoms with Crippen LogP contribution in [0.1, 0.15) is 22.5 Å². The smallest absolute Gasteiger partial charge is 0.347 e. The number of hydrogen-bond donors (Lipinski definition) is 1. The highest BCUT2D eigenvalue weighted by molar-refractivity contribution is 7.99. The van der Waals surface area contributed by atoms with Gasteiger partial charge in [-0.3, -0.25) is 0 Å². The summed E-state index contributed by atoms with van der Waals surface area (Å²) in [5.41, 5.74) is 3.31. The fraction of sp³-hybridized carbons (Fsp3) is 0.227. The van der Waals surface area contributed by atoms with Crippen molar-refractivity contribution >= 4 is 11.8 Å². The van der Waals surface area contributed by atoms with Gasteiger partial charge >= 0.3 is 5.63 Å². The predicted molar refractivity (Wildman–Crippen MR) is 107 cm³/mol. The lowest BCUT2D eigenvalue weighted by molar-refractivity contribution is 0.430. The van der Waals surface area contributed by atoms with Crippen LogP contribution in [0.2, 0.25) is 0 Å². The van der Waals surface area contributed by atoms with Crippen LogP contribution in [0.25, 0.3) is 11.1 Å². The lowest BCUT2D eigenvalue weighted by atomic mass is 9.94. The molecule has 0 saturated carbocycles. The minimum Gasteiger partial charge on any atom is -0.507 e. The molecule has 3 aromatic rings. The Kier molecular flexibility index (Phi) is 5.71. The Balaban J connectivity index is 1.82. The van der Waals surface area contributed by atoms with E-state index in [0.717, 1.165) is 21.6 Å². The molecule has 0 aliphatic heterocycles. The average molecular weight is 384 g/mol. The molecule has 140 valence electrons. The van der Waals surface area contributed by atoms with Crippen LogP contribution in [-0.4, -0.2) is 10.9 Å². The van der Waals surface area contributed by atoms with Gasteiger partial charge in [-0.05, 0) is 55.7 Å². The first-order chi connectivity index (χ1) is 12.8. The second-order valence-corrected chi connectivity index (χ2v) is 7.76. The first-order valence-corrected chi connectivity index (χ1v) is 9.66. The summed E-state index contributed by atoms with van der Waals surface area (Å²) in [6, 6.07) is 11.8. The van der Waals surface area contributed by atoms with Crippen LogP contribution in [0.15, 0.2) is 56.6 Å². The van der Waals surface area contributed by atoms with Crippen molar-refractivity contribution < 1.29 is 13.9 Å². The van der Waals surface area contributed by atoms with Crippen LogP contribution in [-0.2, 0) is 6.42 Å². The van der Waals surface area contributed by atoms with E-state index in [1.165, 1.54) is 30.0 Å². The number of benzene rings is 2. The summed E-state index contributed by atoms with van der Waals surface area (Å²) in [5, 5.41) is 10.5. The molecule has 1 N–H and O–H groups in total. The molecular formula is C22H21FO3S. The van der Waals surface area contributed by atoms with E-state index in [2.05, 4.69) is 0 Å². The highest BCUT2D eigenvalue weighted by Crippen LogP contribution is 2.33. The fourth-order valence-electron chi connectivity index (χ4n) is 3.28. The molecule has 0 atom stereocenters. The molecular weight excluding hydrogens is 363 g/mol. The molecule has 0 spiro atoms. The Morgan fingerprint density at radius 2 is 1.74 bits per heavy atom. The monoisotopic (exact) mass is 384 g/mol. The number of hydrogen-bond acceptors (Lipinski definition) is 4. The Morgan fingerprint density at radius 3 is 2.37 bits per heavy atom. The number of aryl methyl sites for hydroxylation is 4. The number of rotatable bonds is 5. The third-order valence-corrected chi connectivity index (χ3v) is 5.32. The van der Waals surface area contributed by atoms with Crippen molar-refractivity contribution in [2.75, 3.05) is 5.75 Å². The van der Waals surface area contributed by atoms with Crippen molar-refractivity contribution in [2.24, 2.45) is 0 Å². The molecule has 3 rings (SSSR count). The van der Waals surface area contributed by atoms with Gasteiger partial charge in [-0.15, -0.1) is 11.8 Å². The third kappa shape index (κ3) is 4.42. The van der Waals surface area contributed by atoms with Crippen LogP contribution in [0.3, 0.4) is 0 Å². The van der Waals surface area contributed by atoms with Gasteiger partial charge in [0.25, 0.3) is 0 Å². The van der Waals surface area contributed by atoms with Crippen molar-refractivity contribution in [1.29, 1.82) is 0 Å². The lowest BCUT2D eigenvalue weighted by Gasteiger charge is -2.12. The van der Waals surface area contributed by atoms with Gasteiger partial charge in [0, 0.05) is 23.1 Å². The molecule has 0 amide bonds. The zero-order chi connectivity index (χ0) is 19.6. The van der Waals surface area contributed by atoms with Crippen LogP contribution < -0.4 is 5.63 Å². The molecule has 0 saturated heterocycles. The van der Waals surface area contributed by atoms with E-state index in [0.29, 0.717) is 23.5 Å². The first kappa shape index (κ1) is 19.2. The van der Waals surface area contributed by atoms with E-state index in [4.69, 9.17) is 4.42 Å². The van der Waals surface area contributed by atoms with Crippen molar-refractivity contribution in [3.8, 4) is 16.9 Å². The molecule has 5 heteroatoms. The fourth-order valence-corrected chi connectivity index (χ4v) is 4.19. The summed E-state index contributed by atoms with van der Waals surface area (Å²) < 4.78 is 18.7. The number of aromatic hydroxyl groups is 1. The molecule has 2 aromatic carbocycles. The second kappa shape index (κ2) is 8.01. The number of halogens is 1. The SMILES string of the molecule is Cc1cc(C)c(-c2c(O)cc(CCSc3cccc(F)c3)oc2=O)c(C)c1. The van der Waals surface area contributed by atoms with Gasteiger partial charge < -0.3 is 9.52 Å². The van der Waals surface area contributed by atoms with Crippen LogP contribution in [0, 0.1) is 26.6 Å². The minimum atomic E-state index is -0.546. The predicted octanol–water partition coefficient (Wildman–Crippen LogP) is 5.41. The van der Waals surface area contributed by atoms with Gasteiger partial charge in [0.1, 0.15) is 22.9 Å². The van der Waals surface area contributed by atoms with Crippen molar-refractivity contribution in [3.05, 3.63) is 81.2 Å². The molecule has 0 bridgehead atoms. The average Bonchev–Trinajstić information content (AvgIpc) is 2.56. The maximum atomic E-state index is 13.2. The van der Waals surface area contributed by atoms with Gasteiger partial charge in [-0.25, -0.2) is 9.18 Å². The molecule has 0 radical (unpaired) electrons. The van der Waals surface area contributed by atoms with Crippen LogP contribution in [0.4, 0.5) is 4.39 Å². The minimum absolute atomic E-state index is 0.0768. The summed E-state index contributed by atoms with van der Waals surface area (Å²) in [4.78, 5) is 13.4. The van der Waals surface area contributed by atoms with E-state index >= 15 is 0 Å². The van der Waals surface area contributed by atoms with Crippen LogP contribution >= 0.6 is 11.8 Å². The Bertz CT molecular complexity index is 1020.